The fourth-order valence-electron chi connectivity index (χ4n) is 1.25. The average molecular weight is 226 g/mol. The number of carbonyl (C=O) groups is 2. The number of amides is 1. The zero-order valence-corrected chi connectivity index (χ0v) is 9.14. The molecule has 0 saturated carbocycles. The lowest BCUT2D eigenvalue weighted by atomic mass is 10.3. The molecule has 0 saturated heterocycles. The summed E-state index contributed by atoms with van der Waals surface area (Å²) in [5, 5.41) is 0. The molecule has 0 radical (unpaired) electrons. The largest absolute Gasteiger partial charge is 0.464 e. The smallest absolute Gasteiger partial charge is 0.328 e. The molecule has 7 heteroatoms. The van der Waals surface area contributed by atoms with Crippen LogP contribution in [0.1, 0.15) is 30.4 Å². The molecule has 1 unspecified atom stereocenters. The molecule has 88 valence electrons. The standard InChI is InChI=1S/C9H14N4O3/c1-3-16-9(15)5(2)13-4-12-6(7(13)10)8(11)14/h4-5H,3,10H2,1-2H3,(H2,11,14). The van der Waals surface area contributed by atoms with Gasteiger partial charge in [-0.2, -0.15) is 0 Å². The predicted octanol–water partition coefficient (Wildman–Crippen LogP) is -0.312. The van der Waals surface area contributed by atoms with Gasteiger partial charge in [-0.15, -0.1) is 0 Å². The molecular weight excluding hydrogens is 212 g/mol. The Morgan fingerprint density at radius 2 is 2.25 bits per heavy atom. The molecule has 1 aromatic heterocycles. The third-order valence-electron chi connectivity index (χ3n) is 2.11. The first-order valence-corrected chi connectivity index (χ1v) is 4.77. The Bertz CT molecular complexity index is 413. The molecule has 1 atom stereocenters. The highest BCUT2D eigenvalue weighted by Crippen LogP contribution is 2.17. The van der Waals surface area contributed by atoms with Crippen LogP contribution in [0, 0.1) is 0 Å². The zero-order valence-electron chi connectivity index (χ0n) is 9.14. The van der Waals surface area contributed by atoms with Gasteiger partial charge in [0.05, 0.1) is 12.9 Å². The van der Waals surface area contributed by atoms with Crippen LogP contribution in [-0.2, 0) is 9.53 Å². The average Bonchev–Trinajstić information content (AvgIpc) is 2.59. The third-order valence-corrected chi connectivity index (χ3v) is 2.11. The monoisotopic (exact) mass is 226 g/mol. The summed E-state index contributed by atoms with van der Waals surface area (Å²) in [6.07, 6.45) is 1.29. The lowest BCUT2D eigenvalue weighted by Crippen LogP contribution is -2.21. The van der Waals surface area contributed by atoms with Crippen molar-refractivity contribution in [2.45, 2.75) is 19.9 Å². The molecule has 1 amide bonds. The molecule has 0 fully saturated rings. The van der Waals surface area contributed by atoms with Crippen LogP contribution in [0.25, 0.3) is 0 Å². The molecule has 1 aromatic rings. The van der Waals surface area contributed by atoms with E-state index in [1.54, 1.807) is 13.8 Å². The summed E-state index contributed by atoms with van der Waals surface area (Å²) in [5.41, 5.74) is 10.6. The Morgan fingerprint density at radius 1 is 1.62 bits per heavy atom. The predicted molar refractivity (Wildman–Crippen MR) is 56.5 cm³/mol. The topological polar surface area (TPSA) is 113 Å². The Morgan fingerprint density at radius 3 is 2.69 bits per heavy atom. The van der Waals surface area contributed by atoms with Crippen LogP contribution in [0.15, 0.2) is 6.33 Å². The van der Waals surface area contributed by atoms with Gasteiger partial charge in [-0.3, -0.25) is 4.79 Å². The van der Waals surface area contributed by atoms with Gasteiger partial charge in [0.1, 0.15) is 11.9 Å². The first-order valence-electron chi connectivity index (χ1n) is 4.77. The number of carbonyl (C=O) groups excluding carboxylic acids is 2. The minimum atomic E-state index is -0.729. The van der Waals surface area contributed by atoms with Crippen molar-refractivity contribution in [1.82, 2.24) is 9.55 Å². The first-order chi connectivity index (χ1) is 7.49. The van der Waals surface area contributed by atoms with Crippen molar-refractivity contribution >= 4 is 17.7 Å². The number of ether oxygens (including phenoxy) is 1. The van der Waals surface area contributed by atoms with Gasteiger partial charge < -0.3 is 20.8 Å². The van der Waals surface area contributed by atoms with E-state index in [-0.39, 0.29) is 18.1 Å². The number of anilines is 1. The van der Waals surface area contributed by atoms with Gasteiger partial charge in [-0.05, 0) is 13.8 Å². The van der Waals surface area contributed by atoms with Crippen LogP contribution in [0.4, 0.5) is 5.82 Å². The van der Waals surface area contributed by atoms with Gasteiger partial charge in [-0.1, -0.05) is 0 Å². The molecule has 0 spiro atoms. The van der Waals surface area contributed by atoms with E-state index >= 15 is 0 Å². The van der Waals surface area contributed by atoms with E-state index < -0.39 is 17.9 Å². The molecule has 0 aliphatic heterocycles. The van der Waals surface area contributed by atoms with Crippen molar-refractivity contribution in [3.8, 4) is 0 Å². The van der Waals surface area contributed by atoms with Crippen LogP contribution < -0.4 is 11.5 Å². The second-order valence-corrected chi connectivity index (χ2v) is 3.18. The van der Waals surface area contributed by atoms with Crippen molar-refractivity contribution in [3.05, 3.63) is 12.0 Å². The van der Waals surface area contributed by atoms with Gasteiger partial charge in [0, 0.05) is 0 Å². The molecule has 0 aliphatic carbocycles. The van der Waals surface area contributed by atoms with Crippen molar-refractivity contribution in [2.24, 2.45) is 5.73 Å². The van der Waals surface area contributed by atoms with Crippen molar-refractivity contribution < 1.29 is 14.3 Å². The van der Waals surface area contributed by atoms with E-state index in [2.05, 4.69) is 4.98 Å². The van der Waals surface area contributed by atoms with Crippen LogP contribution in [0.5, 0.6) is 0 Å². The maximum absolute atomic E-state index is 11.4. The van der Waals surface area contributed by atoms with E-state index in [0.717, 1.165) is 0 Å². The van der Waals surface area contributed by atoms with Crippen LogP contribution >= 0.6 is 0 Å². The molecule has 7 nitrogen and oxygen atoms in total. The third kappa shape index (κ3) is 2.13. The summed E-state index contributed by atoms with van der Waals surface area (Å²) in [6.45, 7) is 3.58. The molecule has 0 aromatic carbocycles. The lowest BCUT2D eigenvalue weighted by Gasteiger charge is -2.13. The van der Waals surface area contributed by atoms with Crippen LogP contribution in [0.2, 0.25) is 0 Å². The minimum Gasteiger partial charge on any atom is -0.464 e. The maximum atomic E-state index is 11.4. The second kappa shape index (κ2) is 4.65. The zero-order chi connectivity index (χ0) is 12.3. The van der Waals surface area contributed by atoms with Crippen LogP contribution in [-0.4, -0.2) is 28.0 Å². The van der Waals surface area contributed by atoms with Crippen molar-refractivity contribution in [2.75, 3.05) is 12.3 Å². The number of hydrogen-bond acceptors (Lipinski definition) is 5. The Kier molecular flexibility index (Phi) is 3.49. The van der Waals surface area contributed by atoms with Crippen molar-refractivity contribution in [1.29, 1.82) is 0 Å². The SMILES string of the molecule is CCOC(=O)C(C)n1cnc(C(N)=O)c1N. The van der Waals surface area contributed by atoms with Gasteiger partial charge in [0.25, 0.3) is 5.91 Å². The first kappa shape index (κ1) is 12.0. The minimum absolute atomic E-state index is 0.0452. The highest BCUT2D eigenvalue weighted by Gasteiger charge is 2.21. The summed E-state index contributed by atoms with van der Waals surface area (Å²) < 4.78 is 6.17. The van der Waals surface area contributed by atoms with Gasteiger partial charge in [-0.25, -0.2) is 9.78 Å². The van der Waals surface area contributed by atoms with E-state index in [4.69, 9.17) is 16.2 Å². The number of imidazole rings is 1. The number of esters is 1. The van der Waals surface area contributed by atoms with E-state index in [0.29, 0.717) is 0 Å². The van der Waals surface area contributed by atoms with E-state index in [1.807, 2.05) is 0 Å². The molecule has 1 heterocycles. The fraction of sp³-hybridized carbons (Fsp3) is 0.444. The Hall–Kier alpha value is -2.05. The summed E-state index contributed by atoms with van der Waals surface area (Å²) in [7, 11) is 0. The number of nitrogen functional groups attached to an aromatic ring is 1. The fourth-order valence-corrected chi connectivity index (χ4v) is 1.25. The quantitative estimate of drug-likeness (QED) is 0.683. The summed E-state index contributed by atoms with van der Waals surface area (Å²) in [6, 6.07) is -0.638. The molecule has 4 N–H and O–H groups in total. The summed E-state index contributed by atoms with van der Waals surface area (Å²) >= 11 is 0. The highest BCUT2D eigenvalue weighted by atomic mass is 16.5. The number of nitrogens with two attached hydrogens (primary N) is 2. The summed E-state index contributed by atoms with van der Waals surface area (Å²) in [4.78, 5) is 26.1. The number of hydrogen-bond donors (Lipinski definition) is 2. The molecule has 16 heavy (non-hydrogen) atoms. The summed E-state index contributed by atoms with van der Waals surface area (Å²) in [5.74, 6) is -1.11. The normalized spacial score (nSPS) is 12.1. The second-order valence-electron chi connectivity index (χ2n) is 3.18. The number of nitrogens with zero attached hydrogens (tertiary/aromatic N) is 2. The number of rotatable bonds is 4. The number of primary amides is 1. The molecular formula is C9H14N4O3. The van der Waals surface area contributed by atoms with Gasteiger partial charge in [0.2, 0.25) is 0 Å². The molecule has 1 rings (SSSR count). The Balaban J connectivity index is 2.96. The van der Waals surface area contributed by atoms with Crippen LogP contribution in [0.3, 0.4) is 0 Å². The molecule has 0 aliphatic rings. The van der Waals surface area contributed by atoms with E-state index in [9.17, 15) is 9.59 Å². The lowest BCUT2D eigenvalue weighted by molar-refractivity contribution is -0.146. The Labute approximate surface area is 92.4 Å². The van der Waals surface area contributed by atoms with Gasteiger partial charge in [0.15, 0.2) is 5.69 Å². The van der Waals surface area contributed by atoms with Gasteiger partial charge >= 0.3 is 5.97 Å². The number of aromatic nitrogens is 2. The highest BCUT2D eigenvalue weighted by molar-refractivity contribution is 5.95. The van der Waals surface area contributed by atoms with E-state index in [1.165, 1.54) is 10.9 Å². The van der Waals surface area contributed by atoms with Crippen molar-refractivity contribution in [3.63, 3.8) is 0 Å². The maximum Gasteiger partial charge on any atom is 0.328 e. The molecule has 0 bridgehead atoms.